The number of nitrogens with one attached hydrogen (secondary N) is 2. The Hall–Kier alpha value is -3.98. The van der Waals surface area contributed by atoms with Crippen molar-refractivity contribution in [1.82, 2.24) is 19.3 Å². The van der Waals surface area contributed by atoms with E-state index in [1.165, 1.54) is 17.6 Å². The first kappa shape index (κ1) is 20.9. The van der Waals surface area contributed by atoms with Crippen molar-refractivity contribution in [3.05, 3.63) is 83.1 Å². The van der Waals surface area contributed by atoms with E-state index in [2.05, 4.69) is 24.6 Å². The van der Waals surface area contributed by atoms with Gasteiger partial charge in [-0.25, -0.2) is 14.4 Å². The maximum absolute atomic E-state index is 14.0. The molecule has 0 saturated heterocycles. The number of benzene rings is 3. The largest absolute Gasteiger partial charge is 0.489 e. The van der Waals surface area contributed by atoms with Crippen LogP contribution in [0.4, 0.5) is 10.3 Å². The third-order valence-corrected chi connectivity index (χ3v) is 5.63. The van der Waals surface area contributed by atoms with E-state index in [9.17, 15) is 4.39 Å². The van der Waals surface area contributed by atoms with E-state index in [1.807, 2.05) is 36.4 Å². The molecule has 7 nitrogen and oxygen atoms in total. The number of nitrogens with zero attached hydrogens (tertiary/aromatic N) is 3. The Balaban J connectivity index is 1.44. The maximum atomic E-state index is 14.0. The number of aromatic amines is 1. The maximum Gasteiger partial charge on any atom is 0.234 e. The molecule has 0 unspecified atom stereocenters. The molecule has 5 rings (SSSR count). The summed E-state index contributed by atoms with van der Waals surface area (Å²) in [4.78, 5) is 12.3. The SMILES string of the molecule is CNc1nsc(COc2cc(OCc3ccccc3F)cc(-c3nc4ccccc4[nH]3)c2)n1. The predicted molar refractivity (Wildman–Crippen MR) is 126 cm³/mol. The van der Waals surface area contributed by atoms with Crippen molar-refractivity contribution in [3.8, 4) is 22.9 Å². The summed E-state index contributed by atoms with van der Waals surface area (Å²) in [7, 11) is 1.77. The first-order valence-corrected chi connectivity index (χ1v) is 11.0. The van der Waals surface area contributed by atoms with Crippen LogP contribution in [0.3, 0.4) is 0 Å². The van der Waals surface area contributed by atoms with Crippen LogP contribution in [-0.4, -0.2) is 26.4 Å². The minimum atomic E-state index is -0.306. The number of ether oxygens (including phenoxy) is 2. The predicted octanol–water partition coefficient (Wildman–Crippen LogP) is 5.42. The van der Waals surface area contributed by atoms with Gasteiger partial charge in [0.1, 0.15) is 36.4 Å². The number of hydrogen-bond donors (Lipinski definition) is 2. The number of halogens is 1. The molecule has 0 aliphatic heterocycles. The minimum absolute atomic E-state index is 0.0949. The third-order valence-electron chi connectivity index (χ3n) is 4.95. The molecule has 0 spiro atoms. The Bertz CT molecular complexity index is 1370. The molecular weight excluding hydrogens is 441 g/mol. The Morgan fingerprint density at radius 3 is 2.45 bits per heavy atom. The quantitative estimate of drug-likeness (QED) is 0.321. The standard InChI is InChI=1S/C24H20FN5O2S/c1-26-24-29-22(33-30-24)14-32-18-11-16(23-27-20-8-4-5-9-21(20)28-23)10-17(12-18)31-13-15-6-2-3-7-19(15)25/h2-12H,13-14H2,1H3,(H,26,30)(H,27,28). The summed E-state index contributed by atoms with van der Waals surface area (Å²) in [6.07, 6.45) is 0. The van der Waals surface area contributed by atoms with Crippen molar-refractivity contribution in [1.29, 1.82) is 0 Å². The van der Waals surface area contributed by atoms with Crippen molar-refractivity contribution in [2.24, 2.45) is 0 Å². The van der Waals surface area contributed by atoms with Gasteiger partial charge in [-0.05, 0) is 41.9 Å². The van der Waals surface area contributed by atoms with Gasteiger partial charge in [-0.3, -0.25) is 0 Å². The second kappa shape index (κ2) is 9.25. The van der Waals surface area contributed by atoms with Crippen LogP contribution in [0.25, 0.3) is 22.4 Å². The molecule has 0 amide bonds. The summed E-state index contributed by atoms with van der Waals surface area (Å²) in [5.41, 5.74) is 3.06. The number of fused-ring (bicyclic) bond motifs is 1. The number of anilines is 1. The fourth-order valence-corrected chi connectivity index (χ4v) is 3.86. The summed E-state index contributed by atoms with van der Waals surface area (Å²) in [6, 6.07) is 19.9. The summed E-state index contributed by atoms with van der Waals surface area (Å²) in [5.74, 6) is 2.06. The highest BCUT2D eigenvalue weighted by molar-refractivity contribution is 7.05. The normalized spacial score (nSPS) is 11.0. The highest BCUT2D eigenvalue weighted by atomic mass is 32.1. The molecule has 3 aromatic carbocycles. The van der Waals surface area contributed by atoms with Crippen molar-refractivity contribution in [3.63, 3.8) is 0 Å². The Labute approximate surface area is 193 Å². The zero-order valence-corrected chi connectivity index (χ0v) is 18.5. The topological polar surface area (TPSA) is 85.0 Å². The molecule has 0 aliphatic carbocycles. The van der Waals surface area contributed by atoms with Gasteiger partial charge in [-0.15, -0.1) is 0 Å². The van der Waals surface area contributed by atoms with Gasteiger partial charge in [0.05, 0.1) is 11.0 Å². The molecule has 2 heterocycles. The lowest BCUT2D eigenvalue weighted by Gasteiger charge is -2.12. The lowest BCUT2D eigenvalue weighted by Crippen LogP contribution is -2.00. The van der Waals surface area contributed by atoms with Crippen molar-refractivity contribution < 1.29 is 13.9 Å². The molecule has 9 heteroatoms. The molecule has 0 fully saturated rings. The third kappa shape index (κ3) is 4.78. The second-order valence-electron chi connectivity index (χ2n) is 7.23. The van der Waals surface area contributed by atoms with Crippen LogP contribution < -0.4 is 14.8 Å². The van der Waals surface area contributed by atoms with E-state index in [1.54, 1.807) is 31.3 Å². The monoisotopic (exact) mass is 461 g/mol. The average molecular weight is 462 g/mol. The summed E-state index contributed by atoms with van der Waals surface area (Å²) in [6.45, 7) is 0.354. The molecule has 0 aliphatic rings. The van der Waals surface area contributed by atoms with Crippen LogP contribution in [0.5, 0.6) is 11.5 Å². The fraction of sp³-hybridized carbons (Fsp3) is 0.125. The Morgan fingerprint density at radius 1 is 0.939 bits per heavy atom. The van der Waals surface area contributed by atoms with E-state index in [4.69, 9.17) is 9.47 Å². The molecule has 5 aromatic rings. The molecule has 2 N–H and O–H groups in total. The van der Waals surface area contributed by atoms with Gasteiger partial charge in [0.15, 0.2) is 5.01 Å². The van der Waals surface area contributed by atoms with Crippen molar-refractivity contribution >= 4 is 28.5 Å². The number of aromatic nitrogens is 4. The molecule has 0 radical (unpaired) electrons. The number of para-hydroxylation sites is 2. The van der Waals surface area contributed by atoms with E-state index < -0.39 is 0 Å². The number of imidazole rings is 1. The van der Waals surface area contributed by atoms with Gasteiger partial charge >= 0.3 is 0 Å². The van der Waals surface area contributed by atoms with Crippen molar-refractivity contribution in [2.45, 2.75) is 13.2 Å². The zero-order chi connectivity index (χ0) is 22.6. The molecule has 0 bridgehead atoms. The number of H-pyrrole nitrogens is 1. The minimum Gasteiger partial charge on any atom is -0.489 e. The van der Waals surface area contributed by atoms with Crippen molar-refractivity contribution in [2.75, 3.05) is 12.4 Å². The summed E-state index contributed by atoms with van der Waals surface area (Å²) >= 11 is 1.27. The smallest absolute Gasteiger partial charge is 0.234 e. The molecule has 33 heavy (non-hydrogen) atoms. The molecular formula is C24H20FN5O2S. The van der Waals surface area contributed by atoms with E-state index in [0.29, 0.717) is 28.8 Å². The lowest BCUT2D eigenvalue weighted by molar-refractivity contribution is 0.287. The van der Waals surface area contributed by atoms with Gasteiger partial charge < -0.3 is 19.8 Å². The Morgan fingerprint density at radius 2 is 1.70 bits per heavy atom. The molecule has 0 atom stereocenters. The number of hydrogen-bond acceptors (Lipinski definition) is 7. The zero-order valence-electron chi connectivity index (χ0n) is 17.7. The summed E-state index contributed by atoms with van der Waals surface area (Å²) < 4.78 is 30.1. The van der Waals surface area contributed by atoms with Gasteiger partial charge in [0, 0.05) is 24.2 Å². The van der Waals surface area contributed by atoms with E-state index in [0.717, 1.165) is 21.6 Å². The van der Waals surface area contributed by atoms with Crippen LogP contribution >= 0.6 is 11.5 Å². The van der Waals surface area contributed by atoms with Gasteiger partial charge in [-0.1, -0.05) is 30.3 Å². The van der Waals surface area contributed by atoms with Gasteiger partial charge in [0.2, 0.25) is 5.95 Å². The molecule has 166 valence electrons. The van der Waals surface area contributed by atoms with Crippen LogP contribution in [0, 0.1) is 5.82 Å². The van der Waals surface area contributed by atoms with Gasteiger partial charge in [-0.2, -0.15) is 4.37 Å². The highest BCUT2D eigenvalue weighted by Gasteiger charge is 2.12. The van der Waals surface area contributed by atoms with Crippen LogP contribution in [-0.2, 0) is 13.2 Å². The van der Waals surface area contributed by atoms with E-state index >= 15 is 0 Å². The lowest BCUT2D eigenvalue weighted by atomic mass is 10.2. The van der Waals surface area contributed by atoms with Crippen LogP contribution in [0.1, 0.15) is 10.6 Å². The summed E-state index contributed by atoms with van der Waals surface area (Å²) in [5, 5.41) is 3.64. The number of rotatable bonds is 8. The molecule has 0 saturated carbocycles. The van der Waals surface area contributed by atoms with Crippen LogP contribution in [0.15, 0.2) is 66.7 Å². The first-order valence-electron chi connectivity index (χ1n) is 10.3. The van der Waals surface area contributed by atoms with Crippen LogP contribution in [0.2, 0.25) is 0 Å². The molecule has 2 aromatic heterocycles. The second-order valence-corrected chi connectivity index (χ2v) is 8.06. The average Bonchev–Trinajstić information content (AvgIpc) is 3.49. The van der Waals surface area contributed by atoms with Gasteiger partial charge in [0.25, 0.3) is 0 Å². The Kier molecular flexibility index (Phi) is 5.86. The van der Waals surface area contributed by atoms with E-state index in [-0.39, 0.29) is 19.0 Å². The fourth-order valence-electron chi connectivity index (χ4n) is 3.30. The highest BCUT2D eigenvalue weighted by Crippen LogP contribution is 2.31. The first-order chi connectivity index (χ1) is 16.2.